The molecule has 1 nitrogen and oxygen atoms in total. The van der Waals surface area contributed by atoms with Gasteiger partial charge in [-0.2, -0.15) is 0 Å². The van der Waals surface area contributed by atoms with Crippen LogP contribution in [0.25, 0.3) is 0 Å². The third-order valence-corrected chi connectivity index (χ3v) is 3.20. The summed E-state index contributed by atoms with van der Waals surface area (Å²) < 4.78 is 27.2. The Balaban J connectivity index is 3.85. The van der Waals surface area contributed by atoms with Gasteiger partial charge in [0.05, 0.1) is 0 Å². The van der Waals surface area contributed by atoms with E-state index < -0.39 is 11.8 Å². The van der Waals surface area contributed by atoms with Crippen LogP contribution in [0.5, 0.6) is 0 Å². The summed E-state index contributed by atoms with van der Waals surface area (Å²) in [5.41, 5.74) is 0. The Kier molecular flexibility index (Phi) is 7.56. The van der Waals surface area contributed by atoms with Crippen molar-refractivity contribution in [2.45, 2.75) is 72.1 Å². The van der Waals surface area contributed by atoms with Gasteiger partial charge in [-0.05, 0) is 19.3 Å². The van der Waals surface area contributed by atoms with Gasteiger partial charge in [0.15, 0.2) is 0 Å². The quantitative estimate of drug-likeness (QED) is 0.533. The van der Waals surface area contributed by atoms with Crippen molar-refractivity contribution in [3.05, 3.63) is 0 Å². The summed E-state index contributed by atoms with van der Waals surface area (Å²) in [4.78, 5) is 10.7. The maximum absolute atomic E-state index is 13.6. The Bertz CT molecular complexity index is 224. The lowest BCUT2D eigenvalue weighted by Gasteiger charge is -2.23. The Hall–Kier alpha value is -0.470. The van der Waals surface area contributed by atoms with Crippen LogP contribution in [0, 0.1) is 11.8 Å². The first-order chi connectivity index (χ1) is 7.75. The van der Waals surface area contributed by atoms with Crippen molar-refractivity contribution in [3.8, 4) is 0 Å². The van der Waals surface area contributed by atoms with E-state index in [1.165, 1.54) is 6.92 Å². The molecule has 0 N–H and O–H groups in total. The minimum absolute atomic E-state index is 0.0106. The zero-order chi connectivity index (χ0) is 13.5. The molecule has 0 bridgehead atoms. The van der Waals surface area contributed by atoms with Gasteiger partial charge in [0, 0.05) is 18.8 Å². The van der Waals surface area contributed by atoms with Crippen molar-refractivity contribution >= 4 is 5.78 Å². The number of carbonyl (C=O) groups excluding carboxylic acids is 1. The third kappa shape index (κ3) is 8.28. The van der Waals surface area contributed by atoms with Crippen LogP contribution in [0.4, 0.5) is 8.78 Å². The number of hydrogen-bond donors (Lipinski definition) is 0. The van der Waals surface area contributed by atoms with Crippen LogP contribution in [-0.4, -0.2) is 11.7 Å². The van der Waals surface area contributed by atoms with Gasteiger partial charge in [0.1, 0.15) is 5.78 Å². The summed E-state index contributed by atoms with van der Waals surface area (Å²) >= 11 is 0. The molecule has 0 aromatic rings. The number of carbonyl (C=O) groups is 1. The molecule has 0 amide bonds. The van der Waals surface area contributed by atoms with E-state index in [1.54, 1.807) is 6.92 Å². The van der Waals surface area contributed by atoms with Gasteiger partial charge in [0.2, 0.25) is 0 Å². The molecule has 0 rings (SSSR count). The maximum Gasteiger partial charge on any atom is 0.251 e. The number of Topliss-reactive ketones (excluding diaryl/α,β-unsaturated/α-hetero) is 1. The predicted octanol–water partition coefficient (Wildman–Crippen LogP) is 4.84. The fraction of sp³-hybridized carbons (Fsp3) is 0.929. The first kappa shape index (κ1) is 16.5. The normalized spacial score (nSPS) is 14.1. The molecule has 0 fully saturated rings. The van der Waals surface area contributed by atoms with Crippen LogP contribution in [-0.2, 0) is 4.79 Å². The van der Waals surface area contributed by atoms with Crippen molar-refractivity contribution in [2.24, 2.45) is 11.8 Å². The average Bonchev–Trinajstić information content (AvgIpc) is 2.21. The molecule has 0 radical (unpaired) electrons. The van der Waals surface area contributed by atoms with Gasteiger partial charge in [0.25, 0.3) is 5.92 Å². The predicted molar refractivity (Wildman–Crippen MR) is 67.3 cm³/mol. The van der Waals surface area contributed by atoms with Gasteiger partial charge in [-0.25, -0.2) is 8.78 Å². The van der Waals surface area contributed by atoms with Gasteiger partial charge in [-0.1, -0.05) is 40.0 Å². The summed E-state index contributed by atoms with van der Waals surface area (Å²) in [6.07, 6.45) is 3.22. The zero-order valence-corrected chi connectivity index (χ0v) is 11.6. The highest BCUT2D eigenvalue weighted by Gasteiger charge is 2.35. The van der Waals surface area contributed by atoms with Gasteiger partial charge < -0.3 is 4.79 Å². The third-order valence-electron chi connectivity index (χ3n) is 3.20. The van der Waals surface area contributed by atoms with Crippen molar-refractivity contribution < 1.29 is 13.6 Å². The standard InChI is InChI=1S/C14H26F2O/c1-11(2)7-5-6-8-12(3)14(15,16)10-9-13(4)17/h11-12H,5-10H2,1-4H3. The molecule has 0 aliphatic heterocycles. The van der Waals surface area contributed by atoms with Crippen LogP contribution >= 0.6 is 0 Å². The molecule has 0 aliphatic rings. The van der Waals surface area contributed by atoms with E-state index >= 15 is 0 Å². The number of alkyl halides is 2. The Morgan fingerprint density at radius 3 is 2.12 bits per heavy atom. The molecule has 0 aromatic carbocycles. The fourth-order valence-electron chi connectivity index (χ4n) is 1.80. The molecule has 102 valence electrons. The van der Waals surface area contributed by atoms with E-state index in [0.717, 1.165) is 19.3 Å². The summed E-state index contributed by atoms with van der Waals surface area (Å²) in [5, 5.41) is 0. The number of hydrogen-bond acceptors (Lipinski definition) is 1. The largest absolute Gasteiger partial charge is 0.300 e. The van der Waals surface area contributed by atoms with E-state index in [0.29, 0.717) is 12.3 Å². The molecule has 1 unspecified atom stereocenters. The van der Waals surface area contributed by atoms with Crippen LogP contribution in [0.1, 0.15) is 66.2 Å². The molecule has 3 heteroatoms. The van der Waals surface area contributed by atoms with Gasteiger partial charge in [-0.15, -0.1) is 0 Å². The summed E-state index contributed by atoms with van der Waals surface area (Å²) in [6.45, 7) is 7.24. The smallest absolute Gasteiger partial charge is 0.251 e. The summed E-state index contributed by atoms with van der Waals surface area (Å²) in [7, 11) is 0. The lowest BCUT2D eigenvalue weighted by molar-refractivity contribution is -0.120. The van der Waals surface area contributed by atoms with Crippen molar-refractivity contribution in [1.29, 1.82) is 0 Å². The number of unbranched alkanes of at least 4 members (excludes halogenated alkanes) is 1. The average molecular weight is 248 g/mol. The highest BCUT2D eigenvalue weighted by Crippen LogP contribution is 2.33. The van der Waals surface area contributed by atoms with E-state index in [2.05, 4.69) is 13.8 Å². The van der Waals surface area contributed by atoms with Crippen LogP contribution in [0.3, 0.4) is 0 Å². The van der Waals surface area contributed by atoms with Crippen LogP contribution in [0.2, 0.25) is 0 Å². The fourth-order valence-corrected chi connectivity index (χ4v) is 1.80. The number of halogens is 2. The highest BCUT2D eigenvalue weighted by atomic mass is 19.3. The first-order valence-electron chi connectivity index (χ1n) is 6.63. The topological polar surface area (TPSA) is 17.1 Å². The van der Waals surface area contributed by atoms with Crippen molar-refractivity contribution in [1.82, 2.24) is 0 Å². The molecular weight excluding hydrogens is 222 g/mol. The second-order valence-electron chi connectivity index (χ2n) is 5.54. The Morgan fingerprint density at radius 2 is 1.65 bits per heavy atom. The monoisotopic (exact) mass is 248 g/mol. The van der Waals surface area contributed by atoms with Crippen LogP contribution < -0.4 is 0 Å². The highest BCUT2D eigenvalue weighted by molar-refractivity contribution is 5.75. The SMILES string of the molecule is CC(=O)CCC(F)(F)C(C)CCCCC(C)C. The minimum Gasteiger partial charge on any atom is -0.300 e. The van der Waals surface area contributed by atoms with Gasteiger partial charge in [-0.3, -0.25) is 0 Å². The second-order valence-corrected chi connectivity index (χ2v) is 5.54. The molecule has 0 heterocycles. The summed E-state index contributed by atoms with van der Waals surface area (Å²) in [5.74, 6) is -2.82. The Morgan fingerprint density at radius 1 is 1.12 bits per heavy atom. The lowest BCUT2D eigenvalue weighted by Crippen LogP contribution is -2.26. The van der Waals surface area contributed by atoms with E-state index in [-0.39, 0.29) is 18.6 Å². The molecule has 0 saturated carbocycles. The van der Waals surface area contributed by atoms with Crippen molar-refractivity contribution in [3.63, 3.8) is 0 Å². The first-order valence-corrected chi connectivity index (χ1v) is 6.63. The molecule has 1 atom stereocenters. The molecular formula is C14H26F2O. The van der Waals surface area contributed by atoms with Crippen molar-refractivity contribution in [2.75, 3.05) is 0 Å². The summed E-state index contributed by atoms with van der Waals surface area (Å²) in [6, 6.07) is 0. The number of ketones is 1. The van der Waals surface area contributed by atoms with E-state index in [1.807, 2.05) is 0 Å². The molecule has 0 aliphatic carbocycles. The van der Waals surface area contributed by atoms with Crippen LogP contribution in [0.15, 0.2) is 0 Å². The lowest BCUT2D eigenvalue weighted by atomic mass is 9.92. The molecule has 0 aromatic heterocycles. The molecule has 17 heavy (non-hydrogen) atoms. The molecule has 0 spiro atoms. The minimum atomic E-state index is -2.69. The van der Waals surface area contributed by atoms with E-state index in [9.17, 15) is 13.6 Å². The second kappa shape index (κ2) is 7.78. The zero-order valence-electron chi connectivity index (χ0n) is 11.6. The maximum atomic E-state index is 13.6. The van der Waals surface area contributed by atoms with E-state index in [4.69, 9.17) is 0 Å². The Labute approximate surface area is 104 Å². The molecule has 0 saturated heterocycles. The van der Waals surface area contributed by atoms with Gasteiger partial charge >= 0.3 is 0 Å². The number of rotatable bonds is 9.